The van der Waals surface area contributed by atoms with Crippen LogP contribution >= 0.6 is 46.4 Å². The Balaban J connectivity index is 2.10. The van der Waals surface area contributed by atoms with E-state index < -0.39 is 12.6 Å². The molecular weight excluding hydrogens is 342 g/mol. The van der Waals surface area contributed by atoms with Crippen molar-refractivity contribution in [2.24, 2.45) is 0 Å². The Bertz CT molecular complexity index is 353. The Hall–Kier alpha value is 0.120. The van der Waals surface area contributed by atoms with Crippen LogP contribution in [0, 0.1) is 0 Å². The number of halogens is 4. The predicted octanol–water partition coefficient (Wildman–Crippen LogP) is 3.04. The van der Waals surface area contributed by atoms with E-state index in [2.05, 4.69) is 0 Å². The first kappa shape index (κ1) is 15.5. The summed E-state index contributed by atoms with van der Waals surface area (Å²) in [5.74, 6) is 0.350. The van der Waals surface area contributed by atoms with Gasteiger partial charge in [0.25, 0.3) is 0 Å². The largest absolute Gasteiger partial charge is 0.488 e. The van der Waals surface area contributed by atoms with E-state index >= 15 is 0 Å². The van der Waals surface area contributed by atoms with Crippen molar-refractivity contribution in [2.45, 2.75) is 12.6 Å². The first-order valence-electron chi connectivity index (χ1n) is 5.34. The molecule has 0 radical (unpaired) electrons. The normalized spacial score (nSPS) is 27.6. The smallest absolute Gasteiger partial charge is 0.222 e. The maximum atomic E-state index is 5.69. The molecule has 0 aromatic rings. The van der Waals surface area contributed by atoms with Gasteiger partial charge in [0.1, 0.15) is 22.2 Å². The van der Waals surface area contributed by atoms with Gasteiger partial charge in [-0.2, -0.15) is 0 Å². The summed E-state index contributed by atoms with van der Waals surface area (Å²) < 4.78 is 26.7. The molecule has 0 aliphatic carbocycles. The zero-order valence-corrected chi connectivity index (χ0v) is 12.6. The second kappa shape index (κ2) is 7.22. The topological polar surface area (TPSA) is 46.2 Å². The molecule has 2 saturated heterocycles. The maximum absolute atomic E-state index is 5.69. The highest BCUT2D eigenvalue weighted by atomic mass is 35.5. The van der Waals surface area contributed by atoms with Crippen molar-refractivity contribution in [3.8, 4) is 0 Å². The van der Waals surface area contributed by atoms with Crippen LogP contribution in [-0.2, 0) is 23.7 Å². The van der Waals surface area contributed by atoms with E-state index in [1.54, 1.807) is 0 Å². The Labute approximate surface area is 129 Å². The molecule has 0 bridgehead atoms. The van der Waals surface area contributed by atoms with Crippen molar-refractivity contribution in [1.29, 1.82) is 0 Å². The highest BCUT2D eigenvalue weighted by molar-refractivity contribution is 6.56. The molecule has 2 rings (SSSR count). The van der Waals surface area contributed by atoms with Crippen molar-refractivity contribution in [3.05, 3.63) is 20.5 Å². The minimum Gasteiger partial charge on any atom is -0.488 e. The van der Waals surface area contributed by atoms with Gasteiger partial charge in [-0.15, -0.1) is 0 Å². The Morgan fingerprint density at radius 1 is 0.789 bits per heavy atom. The average Bonchev–Trinajstić information content (AvgIpc) is 2.39. The quantitative estimate of drug-likeness (QED) is 0.765. The van der Waals surface area contributed by atoms with Gasteiger partial charge in [0.2, 0.25) is 12.6 Å². The summed E-state index contributed by atoms with van der Waals surface area (Å²) in [6.07, 6.45) is -1.82. The first-order valence-corrected chi connectivity index (χ1v) is 6.85. The van der Waals surface area contributed by atoms with Crippen LogP contribution in [0.1, 0.15) is 0 Å². The Morgan fingerprint density at radius 3 is 1.58 bits per heavy atom. The summed E-state index contributed by atoms with van der Waals surface area (Å²) in [5, 5.41) is 0. The number of rotatable bonds is 2. The number of hydrogen-bond acceptors (Lipinski definition) is 5. The van der Waals surface area contributed by atoms with E-state index in [1.165, 1.54) is 0 Å². The van der Waals surface area contributed by atoms with Crippen LogP contribution in [0.4, 0.5) is 0 Å². The number of ether oxygens (including phenoxy) is 5. The maximum Gasteiger partial charge on any atom is 0.222 e. The van der Waals surface area contributed by atoms with Gasteiger partial charge < -0.3 is 23.7 Å². The van der Waals surface area contributed by atoms with Crippen molar-refractivity contribution in [1.82, 2.24) is 0 Å². The molecule has 0 unspecified atom stereocenters. The van der Waals surface area contributed by atoms with Crippen LogP contribution in [0.15, 0.2) is 20.5 Å². The lowest BCUT2D eigenvalue weighted by molar-refractivity contribution is -0.268. The minimum atomic E-state index is -0.909. The first-order chi connectivity index (χ1) is 9.09. The van der Waals surface area contributed by atoms with E-state index in [0.717, 1.165) is 0 Å². The van der Waals surface area contributed by atoms with Crippen LogP contribution in [0.3, 0.4) is 0 Å². The highest BCUT2D eigenvalue weighted by Crippen LogP contribution is 2.30. The highest BCUT2D eigenvalue weighted by Gasteiger charge is 2.33. The number of hydrogen-bond donors (Lipinski definition) is 0. The van der Waals surface area contributed by atoms with Crippen LogP contribution in [0.5, 0.6) is 0 Å². The summed E-state index contributed by atoms with van der Waals surface area (Å²) >= 11 is 22.8. The van der Waals surface area contributed by atoms with Gasteiger partial charge in [-0.1, -0.05) is 46.4 Å². The lowest BCUT2D eigenvalue weighted by atomic mass is 10.4. The van der Waals surface area contributed by atoms with E-state index in [9.17, 15) is 0 Å². The van der Waals surface area contributed by atoms with E-state index in [4.69, 9.17) is 70.1 Å². The molecule has 0 amide bonds. The van der Waals surface area contributed by atoms with Crippen molar-refractivity contribution >= 4 is 46.4 Å². The molecule has 0 N–H and O–H groups in total. The van der Waals surface area contributed by atoms with Gasteiger partial charge in [0.15, 0.2) is 11.5 Å². The fourth-order valence-electron chi connectivity index (χ4n) is 1.50. The zero-order valence-electron chi connectivity index (χ0n) is 9.54. The summed E-state index contributed by atoms with van der Waals surface area (Å²) in [6.45, 7) is 1.32. The predicted molar refractivity (Wildman–Crippen MR) is 69.9 cm³/mol. The SMILES string of the molecule is ClC(Cl)=C1OCCO[C@H]1O[C@@H]1OCCOC1=C(Cl)Cl. The Kier molecular flexibility index (Phi) is 5.89. The molecule has 0 saturated carbocycles. The van der Waals surface area contributed by atoms with Gasteiger partial charge in [-0.3, -0.25) is 0 Å². The second-order valence-electron chi connectivity index (χ2n) is 3.49. The van der Waals surface area contributed by atoms with Crippen LogP contribution in [-0.4, -0.2) is 39.0 Å². The van der Waals surface area contributed by atoms with Crippen LogP contribution < -0.4 is 0 Å². The molecule has 2 fully saturated rings. The van der Waals surface area contributed by atoms with Gasteiger partial charge >= 0.3 is 0 Å². The van der Waals surface area contributed by atoms with E-state index in [-0.39, 0.29) is 20.5 Å². The molecule has 2 heterocycles. The molecule has 5 nitrogen and oxygen atoms in total. The van der Waals surface area contributed by atoms with Crippen molar-refractivity contribution < 1.29 is 23.7 Å². The van der Waals surface area contributed by atoms with Gasteiger partial charge in [0, 0.05) is 0 Å². The van der Waals surface area contributed by atoms with Gasteiger partial charge in [0.05, 0.1) is 13.2 Å². The molecule has 108 valence electrons. The van der Waals surface area contributed by atoms with E-state index in [1.807, 2.05) is 0 Å². The van der Waals surface area contributed by atoms with E-state index in [0.29, 0.717) is 26.4 Å². The Morgan fingerprint density at radius 2 is 1.21 bits per heavy atom. The second-order valence-corrected chi connectivity index (χ2v) is 5.39. The molecule has 2 aliphatic heterocycles. The monoisotopic (exact) mass is 350 g/mol. The summed E-state index contributed by atoms with van der Waals surface area (Å²) in [7, 11) is 0. The minimum absolute atomic E-state index is 0.0797. The van der Waals surface area contributed by atoms with Crippen molar-refractivity contribution in [2.75, 3.05) is 26.4 Å². The fraction of sp³-hybridized carbons (Fsp3) is 0.600. The zero-order chi connectivity index (χ0) is 13.8. The average molecular weight is 352 g/mol. The lowest BCUT2D eigenvalue weighted by Crippen LogP contribution is -2.38. The van der Waals surface area contributed by atoms with Crippen LogP contribution in [0.25, 0.3) is 0 Å². The standard InChI is InChI=1S/C10H10Cl4O5/c11-7(12)5-9(17-3-1-15-5)19-10-6(8(13)14)16-2-4-18-10/h9-10H,1-4H2/t9-,10-/m0/s1. The molecule has 2 aliphatic rings. The third kappa shape index (κ3) is 4.04. The molecule has 9 heteroatoms. The van der Waals surface area contributed by atoms with Crippen LogP contribution in [0.2, 0.25) is 0 Å². The third-order valence-electron chi connectivity index (χ3n) is 2.27. The molecule has 0 spiro atoms. The molecule has 0 aromatic heterocycles. The van der Waals surface area contributed by atoms with Crippen molar-refractivity contribution in [3.63, 3.8) is 0 Å². The molecule has 0 aromatic carbocycles. The van der Waals surface area contributed by atoms with Gasteiger partial charge in [-0.05, 0) is 0 Å². The molecule has 2 atom stereocenters. The summed E-state index contributed by atoms with van der Waals surface area (Å²) in [6, 6.07) is 0. The third-order valence-corrected chi connectivity index (χ3v) is 3.01. The lowest BCUT2D eigenvalue weighted by Gasteiger charge is -2.32. The van der Waals surface area contributed by atoms with Gasteiger partial charge in [-0.25, -0.2) is 0 Å². The molecule has 19 heavy (non-hydrogen) atoms. The summed E-state index contributed by atoms with van der Waals surface area (Å²) in [5.41, 5.74) is 0. The molecular formula is C10H10Cl4O5. The summed E-state index contributed by atoms with van der Waals surface area (Å²) in [4.78, 5) is 0. The fourth-order valence-corrected chi connectivity index (χ4v) is 2.08.